The van der Waals surface area contributed by atoms with Gasteiger partial charge < -0.3 is 10.8 Å². The number of hydrogen-bond donors (Lipinski definition) is 2. The largest absolute Gasteiger partial charge is 0.396 e. The Balaban J connectivity index is 2.84. The van der Waals surface area contributed by atoms with Crippen LogP contribution in [0.25, 0.3) is 0 Å². The summed E-state index contributed by atoms with van der Waals surface area (Å²) in [5.41, 5.74) is 5.34. The van der Waals surface area contributed by atoms with E-state index in [1.807, 2.05) is 11.6 Å². The van der Waals surface area contributed by atoms with Gasteiger partial charge in [-0.25, -0.2) is 9.67 Å². The first-order valence-electron chi connectivity index (χ1n) is 5.22. The van der Waals surface area contributed by atoms with Crippen molar-refractivity contribution in [3.8, 4) is 0 Å². The van der Waals surface area contributed by atoms with Gasteiger partial charge >= 0.3 is 0 Å². The van der Waals surface area contributed by atoms with Crippen LogP contribution in [0.15, 0.2) is 6.33 Å². The van der Waals surface area contributed by atoms with Crippen LogP contribution >= 0.6 is 0 Å². The molecule has 5 nitrogen and oxygen atoms in total. The Morgan fingerprint density at radius 3 is 2.73 bits per heavy atom. The Morgan fingerprint density at radius 2 is 2.27 bits per heavy atom. The maximum absolute atomic E-state index is 9.28. The fourth-order valence-corrected chi connectivity index (χ4v) is 1.41. The van der Waals surface area contributed by atoms with Crippen molar-refractivity contribution < 1.29 is 5.11 Å². The molecule has 1 aromatic rings. The highest BCUT2D eigenvalue weighted by molar-refractivity contribution is 4.94. The minimum absolute atomic E-state index is 0.0639. The van der Waals surface area contributed by atoms with Gasteiger partial charge in [-0.1, -0.05) is 6.92 Å². The van der Waals surface area contributed by atoms with Crippen molar-refractivity contribution in [2.24, 2.45) is 11.1 Å². The monoisotopic (exact) mass is 212 g/mol. The Bertz CT molecular complexity index is 304. The molecule has 0 radical (unpaired) electrons. The lowest BCUT2D eigenvalue weighted by molar-refractivity contribution is 0.145. The van der Waals surface area contributed by atoms with Crippen molar-refractivity contribution in [3.05, 3.63) is 12.2 Å². The smallest absolute Gasteiger partial charge is 0.138 e. The molecular weight excluding hydrogens is 192 g/mol. The number of nitrogens with zero attached hydrogens (tertiary/aromatic N) is 3. The average molecular weight is 212 g/mol. The highest BCUT2D eigenvalue weighted by atomic mass is 16.3. The van der Waals surface area contributed by atoms with Gasteiger partial charge in [0.1, 0.15) is 12.2 Å². The molecule has 0 amide bonds. The topological polar surface area (TPSA) is 77.0 Å². The summed E-state index contributed by atoms with van der Waals surface area (Å²) in [5, 5.41) is 13.4. The highest BCUT2D eigenvalue weighted by Crippen LogP contribution is 2.20. The number of nitrogens with two attached hydrogens (primary N) is 1. The van der Waals surface area contributed by atoms with Crippen molar-refractivity contribution >= 4 is 0 Å². The Kier molecular flexibility index (Phi) is 3.82. The zero-order valence-corrected chi connectivity index (χ0v) is 9.64. The Morgan fingerprint density at radius 1 is 1.60 bits per heavy atom. The Labute approximate surface area is 90.3 Å². The molecule has 5 heteroatoms. The summed E-state index contributed by atoms with van der Waals surface area (Å²) in [6.45, 7) is 6.56. The van der Waals surface area contributed by atoms with Gasteiger partial charge in [0.05, 0.1) is 6.61 Å². The first-order valence-corrected chi connectivity index (χ1v) is 5.22. The zero-order valence-electron chi connectivity index (χ0n) is 9.64. The van der Waals surface area contributed by atoms with Crippen LogP contribution in [0.3, 0.4) is 0 Å². The molecule has 86 valence electrons. The summed E-state index contributed by atoms with van der Waals surface area (Å²) >= 11 is 0. The summed E-state index contributed by atoms with van der Waals surface area (Å²) < 4.78 is 1.86. The van der Waals surface area contributed by atoms with Crippen LogP contribution in [-0.4, -0.2) is 33.0 Å². The lowest BCUT2D eigenvalue weighted by Crippen LogP contribution is -2.34. The van der Waals surface area contributed by atoms with Crippen LogP contribution in [0, 0.1) is 5.41 Å². The molecule has 1 atom stereocenters. The van der Waals surface area contributed by atoms with Gasteiger partial charge in [-0.05, 0) is 13.8 Å². The van der Waals surface area contributed by atoms with Crippen LogP contribution in [0.4, 0.5) is 0 Å². The third kappa shape index (κ3) is 2.76. The second-order valence-corrected chi connectivity index (χ2v) is 4.56. The zero-order chi connectivity index (χ0) is 11.5. The van der Waals surface area contributed by atoms with Crippen molar-refractivity contribution in [2.75, 3.05) is 13.2 Å². The average Bonchev–Trinajstić information content (AvgIpc) is 2.65. The number of aliphatic hydroxyl groups is 1. The van der Waals surface area contributed by atoms with E-state index in [2.05, 4.69) is 23.9 Å². The third-order valence-corrected chi connectivity index (χ3v) is 2.60. The predicted molar refractivity (Wildman–Crippen MR) is 58.4 cm³/mol. The van der Waals surface area contributed by atoms with Crippen molar-refractivity contribution in [1.82, 2.24) is 14.8 Å². The molecule has 0 aliphatic heterocycles. The van der Waals surface area contributed by atoms with E-state index in [0.29, 0.717) is 13.0 Å². The van der Waals surface area contributed by atoms with Crippen molar-refractivity contribution in [1.29, 1.82) is 0 Å². The molecule has 0 spiro atoms. The van der Waals surface area contributed by atoms with E-state index >= 15 is 0 Å². The SMILES string of the molecule is CC(C)n1ncnc1CC(C)(CN)CO. The molecule has 0 aliphatic rings. The highest BCUT2D eigenvalue weighted by Gasteiger charge is 2.25. The summed E-state index contributed by atoms with van der Waals surface area (Å²) in [7, 11) is 0. The molecule has 0 bridgehead atoms. The first kappa shape index (κ1) is 12.1. The molecule has 0 aliphatic carbocycles. The maximum Gasteiger partial charge on any atom is 0.138 e. The van der Waals surface area contributed by atoms with Crippen LogP contribution in [0.5, 0.6) is 0 Å². The van der Waals surface area contributed by atoms with Gasteiger partial charge in [0.15, 0.2) is 0 Å². The third-order valence-electron chi connectivity index (χ3n) is 2.60. The molecule has 3 N–H and O–H groups in total. The van der Waals surface area contributed by atoms with Gasteiger partial charge in [0, 0.05) is 24.4 Å². The van der Waals surface area contributed by atoms with Gasteiger partial charge in [0.2, 0.25) is 0 Å². The van der Waals surface area contributed by atoms with E-state index in [0.717, 1.165) is 5.82 Å². The lowest BCUT2D eigenvalue weighted by Gasteiger charge is -2.25. The molecule has 15 heavy (non-hydrogen) atoms. The summed E-state index contributed by atoms with van der Waals surface area (Å²) in [5.74, 6) is 0.881. The molecule has 1 rings (SSSR count). The summed E-state index contributed by atoms with van der Waals surface area (Å²) in [6, 6.07) is 0.281. The van der Waals surface area contributed by atoms with Crippen LogP contribution in [0.2, 0.25) is 0 Å². The number of hydrogen-bond acceptors (Lipinski definition) is 4. The molecule has 0 fully saturated rings. The van der Waals surface area contributed by atoms with Crippen molar-refractivity contribution in [2.45, 2.75) is 33.2 Å². The normalized spacial score (nSPS) is 15.6. The number of aromatic nitrogens is 3. The van der Waals surface area contributed by atoms with E-state index in [4.69, 9.17) is 5.73 Å². The standard InChI is InChI=1S/C10H20N4O/c1-8(2)14-9(12-7-13-14)4-10(3,5-11)6-15/h7-8,15H,4-6,11H2,1-3H3. The lowest BCUT2D eigenvalue weighted by atomic mass is 9.87. The fraction of sp³-hybridized carbons (Fsp3) is 0.800. The van der Waals surface area contributed by atoms with Gasteiger partial charge in [-0.3, -0.25) is 0 Å². The second-order valence-electron chi connectivity index (χ2n) is 4.56. The predicted octanol–water partition coefficient (Wildman–Crippen LogP) is 0.359. The molecule has 1 heterocycles. The van der Waals surface area contributed by atoms with Gasteiger partial charge in [0.25, 0.3) is 0 Å². The fourth-order valence-electron chi connectivity index (χ4n) is 1.41. The van der Waals surface area contributed by atoms with E-state index in [1.54, 1.807) is 6.33 Å². The van der Waals surface area contributed by atoms with Gasteiger partial charge in [-0.2, -0.15) is 5.10 Å². The molecule has 0 saturated carbocycles. The van der Waals surface area contributed by atoms with Crippen LogP contribution < -0.4 is 5.73 Å². The second kappa shape index (κ2) is 4.72. The Hall–Kier alpha value is -0.940. The quantitative estimate of drug-likeness (QED) is 0.738. The number of rotatable bonds is 5. The molecule has 1 unspecified atom stereocenters. The molecule has 1 aromatic heterocycles. The minimum Gasteiger partial charge on any atom is -0.396 e. The molecular formula is C10H20N4O. The van der Waals surface area contributed by atoms with E-state index in [9.17, 15) is 5.11 Å². The van der Waals surface area contributed by atoms with Gasteiger partial charge in [-0.15, -0.1) is 0 Å². The number of aliphatic hydroxyl groups excluding tert-OH is 1. The molecule has 0 aromatic carbocycles. The van der Waals surface area contributed by atoms with Crippen molar-refractivity contribution in [3.63, 3.8) is 0 Å². The summed E-state index contributed by atoms with van der Waals surface area (Å²) in [6.07, 6.45) is 2.20. The molecule has 0 saturated heterocycles. The minimum atomic E-state index is -0.306. The maximum atomic E-state index is 9.28. The van der Waals surface area contributed by atoms with E-state index in [1.165, 1.54) is 0 Å². The van der Waals surface area contributed by atoms with Crippen LogP contribution in [-0.2, 0) is 6.42 Å². The van der Waals surface area contributed by atoms with Crippen LogP contribution in [0.1, 0.15) is 32.6 Å². The summed E-state index contributed by atoms with van der Waals surface area (Å²) in [4.78, 5) is 4.20. The van der Waals surface area contributed by atoms with E-state index in [-0.39, 0.29) is 18.1 Å². The van der Waals surface area contributed by atoms with E-state index < -0.39 is 0 Å². The first-order chi connectivity index (χ1) is 7.02.